The van der Waals surface area contributed by atoms with Gasteiger partial charge in [-0.15, -0.1) is 0 Å². The molecule has 0 unspecified atom stereocenters. The molecule has 20 heavy (non-hydrogen) atoms. The van der Waals surface area contributed by atoms with Gasteiger partial charge in [-0.05, 0) is 12.1 Å². The molecule has 0 fully saturated rings. The Kier molecular flexibility index (Phi) is 2.82. The summed E-state index contributed by atoms with van der Waals surface area (Å²) in [5.41, 5.74) is 6.27. The topological polar surface area (TPSA) is 94.0 Å². The van der Waals surface area contributed by atoms with Gasteiger partial charge in [0.15, 0.2) is 0 Å². The highest BCUT2D eigenvalue weighted by Crippen LogP contribution is 2.34. The van der Waals surface area contributed by atoms with Gasteiger partial charge in [0.1, 0.15) is 30.2 Å². The van der Waals surface area contributed by atoms with Crippen LogP contribution in [-0.4, -0.2) is 25.6 Å². The summed E-state index contributed by atoms with van der Waals surface area (Å²) >= 11 is 3.21. The number of carboxylic acid groups (broad SMARTS) is 1. The number of hydrogen-bond acceptors (Lipinski definition) is 4. The Morgan fingerprint density at radius 1 is 1.45 bits per heavy atom. The number of halogens is 2. The maximum absolute atomic E-state index is 14.2. The van der Waals surface area contributed by atoms with Crippen LogP contribution in [0, 0.1) is 5.82 Å². The number of aliphatic carboxylic acids is 1. The van der Waals surface area contributed by atoms with Crippen LogP contribution in [0.1, 0.15) is 0 Å². The fraction of sp³-hybridized carbons (Fsp3) is 0.0833. The van der Waals surface area contributed by atoms with Gasteiger partial charge in [0.2, 0.25) is 0 Å². The molecule has 0 saturated carbocycles. The minimum atomic E-state index is -1.09. The number of fused-ring (bicyclic) bond motifs is 3. The van der Waals surface area contributed by atoms with Crippen LogP contribution in [0.3, 0.4) is 0 Å². The van der Waals surface area contributed by atoms with E-state index in [1.54, 1.807) is 6.07 Å². The number of nitrogens with two attached hydrogens (primary N) is 1. The number of aromatic nitrogens is 3. The molecular formula is C12H8BrFN4O2. The van der Waals surface area contributed by atoms with Gasteiger partial charge < -0.3 is 15.4 Å². The van der Waals surface area contributed by atoms with E-state index >= 15 is 0 Å². The van der Waals surface area contributed by atoms with Crippen molar-refractivity contribution < 1.29 is 14.3 Å². The molecule has 0 aliphatic rings. The molecule has 3 rings (SSSR count). The Bertz CT molecular complexity index is 862. The summed E-state index contributed by atoms with van der Waals surface area (Å²) in [7, 11) is 0. The van der Waals surface area contributed by atoms with Gasteiger partial charge in [-0.2, -0.15) is 0 Å². The van der Waals surface area contributed by atoms with Crippen molar-refractivity contribution in [1.29, 1.82) is 0 Å². The zero-order chi connectivity index (χ0) is 14.4. The zero-order valence-corrected chi connectivity index (χ0v) is 11.6. The lowest BCUT2D eigenvalue weighted by molar-refractivity contribution is -0.137. The molecule has 0 amide bonds. The molecule has 102 valence electrons. The van der Waals surface area contributed by atoms with Crippen molar-refractivity contribution in [2.75, 3.05) is 5.73 Å². The van der Waals surface area contributed by atoms with Crippen LogP contribution in [0.15, 0.2) is 22.9 Å². The summed E-state index contributed by atoms with van der Waals surface area (Å²) in [6.07, 6.45) is 1.22. The second-order valence-electron chi connectivity index (χ2n) is 4.22. The molecule has 0 saturated heterocycles. The Balaban J connectivity index is 2.56. The van der Waals surface area contributed by atoms with Crippen molar-refractivity contribution in [1.82, 2.24) is 14.5 Å². The maximum Gasteiger partial charge on any atom is 0.323 e. The van der Waals surface area contributed by atoms with Gasteiger partial charge >= 0.3 is 5.97 Å². The van der Waals surface area contributed by atoms with Gasteiger partial charge in [0, 0.05) is 9.86 Å². The largest absolute Gasteiger partial charge is 0.480 e. The smallest absolute Gasteiger partial charge is 0.323 e. The lowest BCUT2D eigenvalue weighted by Crippen LogP contribution is -2.09. The summed E-state index contributed by atoms with van der Waals surface area (Å²) in [6.45, 7) is -0.408. The van der Waals surface area contributed by atoms with E-state index in [1.807, 2.05) is 0 Å². The summed E-state index contributed by atoms with van der Waals surface area (Å²) in [5, 5.41) is 9.92. The van der Waals surface area contributed by atoms with Crippen LogP contribution >= 0.6 is 15.9 Å². The fourth-order valence-corrected chi connectivity index (χ4v) is 2.71. The molecule has 1 aromatic carbocycles. The van der Waals surface area contributed by atoms with E-state index < -0.39 is 18.3 Å². The summed E-state index contributed by atoms with van der Waals surface area (Å²) in [6, 6.07) is 2.93. The SMILES string of the molecule is Nc1ncnc2c1c1cc(Br)cc(F)c1n2CC(=O)O. The lowest BCUT2D eigenvalue weighted by Gasteiger charge is -2.03. The summed E-state index contributed by atoms with van der Waals surface area (Å²) in [4.78, 5) is 18.9. The first-order valence-corrected chi connectivity index (χ1v) is 6.37. The number of nitrogen functional groups attached to an aromatic ring is 1. The average Bonchev–Trinajstić information content (AvgIpc) is 2.64. The molecule has 2 aromatic heterocycles. The number of carboxylic acids is 1. The third kappa shape index (κ3) is 1.80. The number of anilines is 1. The van der Waals surface area contributed by atoms with Crippen LogP contribution in [0.2, 0.25) is 0 Å². The Morgan fingerprint density at radius 3 is 2.90 bits per heavy atom. The van der Waals surface area contributed by atoms with Crippen LogP contribution in [0.4, 0.5) is 10.2 Å². The van der Waals surface area contributed by atoms with Gasteiger partial charge in [-0.1, -0.05) is 15.9 Å². The molecule has 0 spiro atoms. The number of carbonyl (C=O) groups is 1. The van der Waals surface area contributed by atoms with Crippen LogP contribution in [0.25, 0.3) is 21.9 Å². The highest BCUT2D eigenvalue weighted by Gasteiger charge is 2.19. The summed E-state index contributed by atoms with van der Waals surface area (Å²) in [5.74, 6) is -1.46. The van der Waals surface area contributed by atoms with E-state index in [-0.39, 0.29) is 11.3 Å². The predicted octanol–water partition coefficient (Wildman–Crippen LogP) is 2.15. The first kappa shape index (κ1) is 12.8. The highest BCUT2D eigenvalue weighted by atomic mass is 79.9. The molecule has 0 atom stereocenters. The van der Waals surface area contributed by atoms with Crippen molar-refractivity contribution in [2.45, 2.75) is 6.54 Å². The minimum absolute atomic E-state index is 0.151. The van der Waals surface area contributed by atoms with Gasteiger partial charge in [0.25, 0.3) is 0 Å². The van der Waals surface area contributed by atoms with Crippen molar-refractivity contribution in [2.24, 2.45) is 0 Å². The van der Waals surface area contributed by atoms with E-state index in [2.05, 4.69) is 25.9 Å². The van der Waals surface area contributed by atoms with E-state index in [4.69, 9.17) is 10.8 Å². The van der Waals surface area contributed by atoms with E-state index in [9.17, 15) is 9.18 Å². The molecule has 6 nitrogen and oxygen atoms in total. The van der Waals surface area contributed by atoms with E-state index in [0.717, 1.165) is 0 Å². The molecule has 8 heteroatoms. The Hall–Kier alpha value is -2.22. The molecular weight excluding hydrogens is 331 g/mol. The molecule has 0 bridgehead atoms. The maximum atomic E-state index is 14.2. The number of hydrogen-bond donors (Lipinski definition) is 2. The lowest BCUT2D eigenvalue weighted by atomic mass is 10.2. The molecule has 2 heterocycles. The van der Waals surface area contributed by atoms with Crippen molar-refractivity contribution in [3.05, 3.63) is 28.7 Å². The monoisotopic (exact) mass is 338 g/mol. The molecule has 0 aliphatic heterocycles. The first-order chi connectivity index (χ1) is 9.49. The molecule has 0 aliphatic carbocycles. The average molecular weight is 339 g/mol. The van der Waals surface area contributed by atoms with Gasteiger partial charge in [-0.3, -0.25) is 4.79 Å². The minimum Gasteiger partial charge on any atom is -0.480 e. The van der Waals surface area contributed by atoms with Crippen LogP contribution < -0.4 is 5.73 Å². The van der Waals surface area contributed by atoms with E-state index in [1.165, 1.54) is 17.0 Å². The van der Waals surface area contributed by atoms with Gasteiger partial charge in [0.05, 0.1) is 10.9 Å². The second-order valence-corrected chi connectivity index (χ2v) is 5.14. The zero-order valence-electron chi connectivity index (χ0n) is 9.97. The highest BCUT2D eigenvalue weighted by molar-refractivity contribution is 9.10. The van der Waals surface area contributed by atoms with Gasteiger partial charge in [-0.25, -0.2) is 14.4 Å². The second kappa shape index (κ2) is 4.41. The third-order valence-electron chi connectivity index (χ3n) is 2.97. The summed E-state index contributed by atoms with van der Waals surface area (Å²) < 4.78 is 16.0. The Morgan fingerprint density at radius 2 is 2.20 bits per heavy atom. The number of nitrogens with zero attached hydrogens (tertiary/aromatic N) is 3. The predicted molar refractivity (Wildman–Crippen MR) is 74.7 cm³/mol. The quantitative estimate of drug-likeness (QED) is 0.746. The van der Waals surface area contributed by atoms with Crippen molar-refractivity contribution in [3.8, 4) is 0 Å². The molecule has 0 radical (unpaired) electrons. The normalized spacial score (nSPS) is 11.3. The van der Waals surface area contributed by atoms with Crippen molar-refractivity contribution >= 4 is 49.7 Å². The van der Waals surface area contributed by atoms with E-state index in [0.29, 0.717) is 20.9 Å². The first-order valence-electron chi connectivity index (χ1n) is 5.58. The Labute approximate surface area is 120 Å². The van der Waals surface area contributed by atoms with Crippen LogP contribution in [0.5, 0.6) is 0 Å². The molecule has 3 aromatic rings. The van der Waals surface area contributed by atoms with Crippen molar-refractivity contribution in [3.63, 3.8) is 0 Å². The third-order valence-corrected chi connectivity index (χ3v) is 3.43. The molecule has 3 N–H and O–H groups in total. The number of rotatable bonds is 2. The number of benzene rings is 1. The standard InChI is InChI=1S/C12H8BrFN4O2/c13-5-1-6-9-11(15)16-4-17-12(9)18(3-8(19)20)10(6)7(14)2-5/h1-2,4H,3H2,(H,19,20)(H2,15,16,17). The van der Waals surface area contributed by atoms with Crippen LogP contribution in [-0.2, 0) is 11.3 Å². The fourth-order valence-electron chi connectivity index (χ4n) is 2.28.